The lowest BCUT2D eigenvalue weighted by Crippen LogP contribution is -2.45. The van der Waals surface area contributed by atoms with Crippen LogP contribution in [0.3, 0.4) is 0 Å². The van der Waals surface area contributed by atoms with Crippen LogP contribution in [0.1, 0.15) is 91.9 Å². The van der Waals surface area contributed by atoms with Gasteiger partial charge in [0, 0.05) is 12.1 Å². The molecule has 0 aliphatic rings. The number of unbranched alkanes of at least 4 members (excludes halogenated alkanes) is 6. The van der Waals surface area contributed by atoms with Crippen LogP contribution in [0.15, 0.2) is 0 Å². The van der Waals surface area contributed by atoms with E-state index in [9.17, 15) is 5.11 Å². The van der Waals surface area contributed by atoms with Crippen molar-refractivity contribution in [1.29, 1.82) is 0 Å². The van der Waals surface area contributed by atoms with Crippen LogP contribution in [-0.4, -0.2) is 23.3 Å². The van der Waals surface area contributed by atoms with Gasteiger partial charge in [-0.1, -0.05) is 65.2 Å². The van der Waals surface area contributed by atoms with E-state index >= 15 is 0 Å². The topological polar surface area (TPSA) is 32.3 Å². The first-order chi connectivity index (χ1) is 9.04. The summed E-state index contributed by atoms with van der Waals surface area (Å²) in [5, 5.41) is 13.1. The van der Waals surface area contributed by atoms with Gasteiger partial charge in [-0.3, -0.25) is 0 Å². The van der Waals surface area contributed by atoms with Gasteiger partial charge in [-0.15, -0.1) is 0 Å². The van der Waals surface area contributed by atoms with E-state index in [2.05, 4.69) is 26.1 Å². The number of aliphatic hydroxyl groups is 1. The molecule has 0 heterocycles. The van der Waals surface area contributed by atoms with Crippen LogP contribution >= 0.6 is 0 Å². The Morgan fingerprint density at radius 3 is 1.74 bits per heavy atom. The number of β-amino-alcohol motifs (C(OH)–C–C–N with tert-alkyl or cyclic N) is 1. The van der Waals surface area contributed by atoms with Crippen LogP contribution in [0.5, 0.6) is 0 Å². The van der Waals surface area contributed by atoms with E-state index in [4.69, 9.17) is 0 Å². The molecule has 2 nitrogen and oxygen atoms in total. The van der Waals surface area contributed by atoms with Gasteiger partial charge in [0.15, 0.2) is 0 Å². The Balaban J connectivity index is 4.03. The van der Waals surface area contributed by atoms with Gasteiger partial charge in [0.1, 0.15) is 0 Å². The Hall–Kier alpha value is -0.0800. The van der Waals surface area contributed by atoms with Crippen molar-refractivity contribution in [3.63, 3.8) is 0 Å². The standard InChI is InChI=1S/C17H37NO/c1-5-7-9-11-13-17(4,18-15-16(3)19)14-12-10-8-6-2/h16,18-19H,5-15H2,1-4H3. The van der Waals surface area contributed by atoms with Gasteiger partial charge in [-0.25, -0.2) is 0 Å². The average molecular weight is 271 g/mol. The average Bonchev–Trinajstić information content (AvgIpc) is 2.38. The van der Waals surface area contributed by atoms with Crippen LogP contribution in [0, 0.1) is 0 Å². The lowest BCUT2D eigenvalue weighted by Gasteiger charge is -2.32. The zero-order chi connectivity index (χ0) is 14.6. The van der Waals surface area contributed by atoms with Crippen molar-refractivity contribution in [2.24, 2.45) is 0 Å². The van der Waals surface area contributed by atoms with Gasteiger partial charge in [0.05, 0.1) is 6.10 Å². The summed E-state index contributed by atoms with van der Waals surface area (Å²) in [6.45, 7) is 9.44. The summed E-state index contributed by atoms with van der Waals surface area (Å²) in [6, 6.07) is 0. The molecule has 0 saturated heterocycles. The molecule has 1 unspecified atom stereocenters. The third kappa shape index (κ3) is 11.4. The SMILES string of the molecule is CCCCCCC(C)(CCCCCC)NCC(C)O. The molecule has 2 N–H and O–H groups in total. The van der Waals surface area contributed by atoms with Crippen molar-refractivity contribution in [2.45, 2.75) is 104 Å². The molecule has 1 atom stereocenters. The number of aliphatic hydroxyl groups excluding tert-OH is 1. The van der Waals surface area contributed by atoms with Gasteiger partial charge in [-0.05, 0) is 26.7 Å². The van der Waals surface area contributed by atoms with Crippen molar-refractivity contribution in [2.75, 3.05) is 6.54 Å². The van der Waals surface area contributed by atoms with E-state index < -0.39 is 0 Å². The number of hydrogen-bond donors (Lipinski definition) is 2. The molecule has 0 aromatic carbocycles. The first kappa shape index (κ1) is 18.9. The predicted molar refractivity (Wildman–Crippen MR) is 85.6 cm³/mol. The zero-order valence-electron chi connectivity index (χ0n) is 13.8. The van der Waals surface area contributed by atoms with E-state index in [1.54, 1.807) is 0 Å². The highest BCUT2D eigenvalue weighted by Gasteiger charge is 2.22. The van der Waals surface area contributed by atoms with Crippen molar-refractivity contribution in [3.05, 3.63) is 0 Å². The number of hydrogen-bond acceptors (Lipinski definition) is 2. The van der Waals surface area contributed by atoms with Crippen LogP contribution < -0.4 is 5.32 Å². The summed E-state index contributed by atoms with van der Waals surface area (Å²) in [5.74, 6) is 0. The molecule has 2 heteroatoms. The third-order valence-electron chi connectivity index (χ3n) is 3.99. The fraction of sp³-hybridized carbons (Fsp3) is 1.00. The Labute approximate surface area is 121 Å². The van der Waals surface area contributed by atoms with Gasteiger partial charge in [0.25, 0.3) is 0 Å². The smallest absolute Gasteiger partial charge is 0.0636 e. The molecule has 0 aromatic heterocycles. The van der Waals surface area contributed by atoms with E-state index in [1.807, 2.05) is 6.92 Å². The van der Waals surface area contributed by atoms with Crippen molar-refractivity contribution >= 4 is 0 Å². The summed E-state index contributed by atoms with van der Waals surface area (Å²) in [6.07, 6.45) is 12.8. The second kappa shape index (κ2) is 11.7. The molecule has 0 amide bonds. The third-order valence-corrected chi connectivity index (χ3v) is 3.99. The predicted octanol–water partition coefficient (Wildman–Crippen LogP) is 4.66. The first-order valence-electron chi connectivity index (χ1n) is 8.47. The second-order valence-corrected chi connectivity index (χ2v) is 6.41. The molecule has 0 aromatic rings. The van der Waals surface area contributed by atoms with E-state index in [-0.39, 0.29) is 11.6 Å². The van der Waals surface area contributed by atoms with Gasteiger partial charge in [0.2, 0.25) is 0 Å². The highest BCUT2D eigenvalue weighted by atomic mass is 16.3. The molecule has 0 fully saturated rings. The summed E-state index contributed by atoms with van der Waals surface area (Å²) in [4.78, 5) is 0. The molecule has 116 valence electrons. The highest BCUT2D eigenvalue weighted by Crippen LogP contribution is 2.22. The normalized spacial score (nSPS) is 13.7. The van der Waals surface area contributed by atoms with Crippen molar-refractivity contribution < 1.29 is 5.11 Å². The largest absolute Gasteiger partial charge is 0.392 e. The Morgan fingerprint density at radius 2 is 1.37 bits per heavy atom. The molecule has 19 heavy (non-hydrogen) atoms. The molecule has 0 saturated carbocycles. The van der Waals surface area contributed by atoms with Crippen LogP contribution in [0.25, 0.3) is 0 Å². The number of nitrogens with one attached hydrogen (secondary N) is 1. The van der Waals surface area contributed by atoms with Crippen LogP contribution in [0.2, 0.25) is 0 Å². The minimum absolute atomic E-state index is 0.221. The maximum Gasteiger partial charge on any atom is 0.0636 e. The Bertz CT molecular complexity index is 180. The van der Waals surface area contributed by atoms with Gasteiger partial charge >= 0.3 is 0 Å². The number of rotatable bonds is 13. The van der Waals surface area contributed by atoms with E-state index in [1.165, 1.54) is 64.2 Å². The summed E-state index contributed by atoms with van der Waals surface area (Å²) >= 11 is 0. The summed E-state index contributed by atoms with van der Waals surface area (Å²) in [7, 11) is 0. The fourth-order valence-corrected chi connectivity index (χ4v) is 2.58. The van der Waals surface area contributed by atoms with Crippen LogP contribution in [0.4, 0.5) is 0 Å². The summed E-state index contributed by atoms with van der Waals surface area (Å²) in [5.41, 5.74) is 0.221. The first-order valence-corrected chi connectivity index (χ1v) is 8.47. The maximum atomic E-state index is 9.47. The van der Waals surface area contributed by atoms with Crippen molar-refractivity contribution in [1.82, 2.24) is 5.32 Å². The molecule has 0 aliphatic carbocycles. The summed E-state index contributed by atoms with van der Waals surface area (Å²) < 4.78 is 0. The van der Waals surface area contributed by atoms with Gasteiger partial charge in [-0.2, -0.15) is 0 Å². The zero-order valence-corrected chi connectivity index (χ0v) is 13.8. The molecular formula is C17H37NO. The van der Waals surface area contributed by atoms with E-state index in [0.717, 1.165) is 6.54 Å². The molecule has 0 radical (unpaired) electrons. The minimum Gasteiger partial charge on any atom is -0.392 e. The molecule has 0 aliphatic heterocycles. The van der Waals surface area contributed by atoms with E-state index in [0.29, 0.717) is 0 Å². The molecule has 0 rings (SSSR count). The fourth-order valence-electron chi connectivity index (χ4n) is 2.58. The molecule has 0 bridgehead atoms. The Kier molecular flexibility index (Phi) is 11.7. The molecular weight excluding hydrogens is 234 g/mol. The highest BCUT2D eigenvalue weighted by molar-refractivity contribution is 4.83. The molecule has 0 spiro atoms. The van der Waals surface area contributed by atoms with Gasteiger partial charge < -0.3 is 10.4 Å². The van der Waals surface area contributed by atoms with Crippen LogP contribution in [-0.2, 0) is 0 Å². The minimum atomic E-state index is -0.245. The Morgan fingerprint density at radius 1 is 0.895 bits per heavy atom. The quantitative estimate of drug-likeness (QED) is 0.478. The lowest BCUT2D eigenvalue weighted by molar-refractivity contribution is 0.165. The lowest BCUT2D eigenvalue weighted by atomic mass is 9.88. The maximum absolute atomic E-state index is 9.47. The second-order valence-electron chi connectivity index (χ2n) is 6.41. The monoisotopic (exact) mass is 271 g/mol. The van der Waals surface area contributed by atoms with Crippen molar-refractivity contribution in [3.8, 4) is 0 Å².